The molecule has 0 saturated heterocycles. The first-order valence-electron chi connectivity index (χ1n) is 6.00. The van der Waals surface area contributed by atoms with Gasteiger partial charge in [0.2, 0.25) is 0 Å². The molecule has 102 valence electrons. The summed E-state index contributed by atoms with van der Waals surface area (Å²) in [5.74, 6) is 0.671. The molecule has 0 aliphatic heterocycles. The molecule has 0 spiro atoms. The van der Waals surface area contributed by atoms with E-state index in [0.29, 0.717) is 12.4 Å². The minimum Gasteiger partial charge on any atom is -0.368 e. The van der Waals surface area contributed by atoms with Gasteiger partial charge in [-0.15, -0.1) is 0 Å². The fraction of sp³-hybridized carbons (Fsp3) is 0.667. The monoisotopic (exact) mass is 271 g/mol. The van der Waals surface area contributed by atoms with Gasteiger partial charge >= 0.3 is 0 Å². The second-order valence-corrected chi connectivity index (χ2v) is 7.68. The molecule has 1 aromatic rings. The van der Waals surface area contributed by atoms with Crippen LogP contribution >= 0.6 is 0 Å². The molecule has 0 atom stereocenters. The SMILES string of the molecule is CCCc1cc(NCC(C)(C)S(C)(=O)=O)ncn1. The van der Waals surface area contributed by atoms with Crippen molar-refractivity contribution in [1.82, 2.24) is 9.97 Å². The first kappa shape index (κ1) is 14.9. The second kappa shape index (κ2) is 5.65. The van der Waals surface area contributed by atoms with Crippen molar-refractivity contribution in [2.24, 2.45) is 0 Å². The van der Waals surface area contributed by atoms with E-state index in [1.807, 2.05) is 6.07 Å². The van der Waals surface area contributed by atoms with Crippen molar-refractivity contribution in [2.75, 3.05) is 18.1 Å². The van der Waals surface area contributed by atoms with E-state index in [1.165, 1.54) is 12.6 Å². The third-order valence-electron chi connectivity index (χ3n) is 2.93. The maximum Gasteiger partial charge on any atom is 0.154 e. The second-order valence-electron chi connectivity index (χ2n) is 5.03. The average molecular weight is 271 g/mol. The summed E-state index contributed by atoms with van der Waals surface area (Å²) < 4.78 is 22.3. The van der Waals surface area contributed by atoms with Crippen LogP contribution in [0.5, 0.6) is 0 Å². The van der Waals surface area contributed by atoms with Gasteiger partial charge in [-0.1, -0.05) is 13.3 Å². The summed E-state index contributed by atoms with van der Waals surface area (Å²) in [5.41, 5.74) is 0.965. The number of anilines is 1. The molecular weight excluding hydrogens is 250 g/mol. The van der Waals surface area contributed by atoms with Gasteiger partial charge in [0.1, 0.15) is 12.1 Å². The number of nitrogens with one attached hydrogen (secondary N) is 1. The maximum atomic E-state index is 11.6. The lowest BCUT2D eigenvalue weighted by Gasteiger charge is -2.23. The number of hydrogen-bond donors (Lipinski definition) is 1. The summed E-state index contributed by atoms with van der Waals surface area (Å²) in [6, 6.07) is 1.86. The van der Waals surface area contributed by atoms with Crippen molar-refractivity contribution >= 4 is 15.7 Å². The Morgan fingerprint density at radius 2 is 2.00 bits per heavy atom. The zero-order valence-corrected chi connectivity index (χ0v) is 12.2. The van der Waals surface area contributed by atoms with Gasteiger partial charge in [0, 0.05) is 24.6 Å². The lowest BCUT2D eigenvalue weighted by Crippen LogP contribution is -2.38. The predicted molar refractivity (Wildman–Crippen MR) is 73.4 cm³/mol. The molecule has 1 heterocycles. The van der Waals surface area contributed by atoms with Crippen molar-refractivity contribution in [2.45, 2.75) is 38.4 Å². The van der Waals surface area contributed by atoms with E-state index in [4.69, 9.17) is 0 Å². The summed E-state index contributed by atoms with van der Waals surface area (Å²) >= 11 is 0. The van der Waals surface area contributed by atoms with Crippen molar-refractivity contribution in [3.05, 3.63) is 18.1 Å². The Morgan fingerprint density at radius 1 is 1.33 bits per heavy atom. The maximum absolute atomic E-state index is 11.6. The molecule has 0 bridgehead atoms. The van der Waals surface area contributed by atoms with Crippen LogP contribution in [0.25, 0.3) is 0 Å². The average Bonchev–Trinajstić information content (AvgIpc) is 2.26. The molecule has 0 unspecified atom stereocenters. The quantitative estimate of drug-likeness (QED) is 0.852. The lowest BCUT2D eigenvalue weighted by atomic mass is 10.2. The number of rotatable bonds is 6. The molecule has 1 aromatic heterocycles. The van der Waals surface area contributed by atoms with E-state index in [9.17, 15) is 8.42 Å². The van der Waals surface area contributed by atoms with Crippen molar-refractivity contribution in [3.8, 4) is 0 Å². The summed E-state index contributed by atoms with van der Waals surface area (Å²) in [4.78, 5) is 8.24. The molecule has 5 nitrogen and oxygen atoms in total. The smallest absolute Gasteiger partial charge is 0.154 e. The van der Waals surface area contributed by atoms with Gasteiger partial charge in [-0.2, -0.15) is 0 Å². The molecule has 0 aliphatic carbocycles. The zero-order chi connectivity index (χ0) is 13.8. The van der Waals surface area contributed by atoms with E-state index in [0.717, 1.165) is 18.5 Å². The normalized spacial score (nSPS) is 12.4. The van der Waals surface area contributed by atoms with Gasteiger partial charge in [-0.25, -0.2) is 18.4 Å². The number of nitrogens with zero attached hydrogens (tertiary/aromatic N) is 2. The van der Waals surface area contributed by atoms with Gasteiger partial charge in [0.05, 0.1) is 4.75 Å². The van der Waals surface area contributed by atoms with Crippen molar-refractivity contribution < 1.29 is 8.42 Å². The van der Waals surface area contributed by atoms with Crippen LogP contribution in [0.15, 0.2) is 12.4 Å². The van der Waals surface area contributed by atoms with Gasteiger partial charge in [0.15, 0.2) is 9.84 Å². The third-order valence-corrected chi connectivity index (χ3v) is 5.08. The number of sulfone groups is 1. The van der Waals surface area contributed by atoms with E-state index < -0.39 is 14.6 Å². The highest BCUT2D eigenvalue weighted by Crippen LogP contribution is 2.16. The van der Waals surface area contributed by atoms with Gasteiger partial charge in [-0.3, -0.25) is 0 Å². The molecule has 0 radical (unpaired) electrons. The Kier molecular flexibility index (Phi) is 4.67. The number of aryl methyl sites for hydroxylation is 1. The molecule has 1 N–H and O–H groups in total. The number of hydrogen-bond acceptors (Lipinski definition) is 5. The third kappa shape index (κ3) is 3.94. The fourth-order valence-electron chi connectivity index (χ4n) is 1.32. The lowest BCUT2D eigenvalue weighted by molar-refractivity contribution is 0.559. The standard InChI is InChI=1S/C12H21N3O2S/c1-5-6-10-7-11(15-9-14-10)13-8-12(2,3)18(4,16)17/h7,9H,5-6,8H2,1-4H3,(H,13,14,15). The summed E-state index contributed by atoms with van der Waals surface area (Å²) in [6.07, 6.45) is 4.66. The number of aromatic nitrogens is 2. The fourth-order valence-corrected chi connectivity index (χ4v) is 1.66. The molecule has 0 saturated carbocycles. The van der Waals surface area contributed by atoms with Gasteiger partial charge in [0.25, 0.3) is 0 Å². The predicted octanol–water partition coefficient (Wildman–Crippen LogP) is 1.66. The molecule has 0 fully saturated rings. The van der Waals surface area contributed by atoms with Crippen LogP contribution < -0.4 is 5.32 Å². The topological polar surface area (TPSA) is 72.0 Å². The Bertz CT molecular complexity index is 498. The van der Waals surface area contributed by atoms with Crippen LogP contribution in [0.1, 0.15) is 32.9 Å². The molecule has 0 amide bonds. The van der Waals surface area contributed by atoms with E-state index in [-0.39, 0.29) is 0 Å². The largest absolute Gasteiger partial charge is 0.368 e. The molecule has 0 aliphatic rings. The Hall–Kier alpha value is -1.17. The summed E-state index contributed by atoms with van der Waals surface area (Å²) in [6.45, 7) is 5.81. The van der Waals surface area contributed by atoms with Crippen molar-refractivity contribution in [1.29, 1.82) is 0 Å². The van der Waals surface area contributed by atoms with Crippen molar-refractivity contribution in [3.63, 3.8) is 0 Å². The minimum absolute atomic E-state index is 0.328. The Labute approximate surface area is 109 Å². The van der Waals surface area contributed by atoms with Gasteiger partial charge < -0.3 is 5.32 Å². The molecule has 0 aromatic carbocycles. The summed E-state index contributed by atoms with van der Waals surface area (Å²) in [5, 5.41) is 3.06. The van der Waals surface area contributed by atoms with Crippen LogP contribution in [0.2, 0.25) is 0 Å². The highest BCUT2D eigenvalue weighted by atomic mass is 32.2. The Balaban J connectivity index is 2.72. The van der Waals surface area contributed by atoms with Crippen LogP contribution in [0.4, 0.5) is 5.82 Å². The van der Waals surface area contributed by atoms with Crippen LogP contribution in [0, 0.1) is 0 Å². The van der Waals surface area contributed by atoms with Gasteiger partial charge in [-0.05, 0) is 20.3 Å². The van der Waals surface area contributed by atoms with Crippen LogP contribution in [-0.4, -0.2) is 35.9 Å². The first-order valence-corrected chi connectivity index (χ1v) is 7.90. The molecule has 18 heavy (non-hydrogen) atoms. The Morgan fingerprint density at radius 3 is 2.56 bits per heavy atom. The highest BCUT2D eigenvalue weighted by molar-refractivity contribution is 7.92. The van der Waals surface area contributed by atoms with Crippen LogP contribution in [0.3, 0.4) is 0 Å². The highest BCUT2D eigenvalue weighted by Gasteiger charge is 2.29. The van der Waals surface area contributed by atoms with E-state index >= 15 is 0 Å². The summed E-state index contributed by atoms with van der Waals surface area (Å²) in [7, 11) is -3.10. The van der Waals surface area contributed by atoms with E-state index in [2.05, 4.69) is 22.2 Å². The first-order chi connectivity index (χ1) is 8.26. The van der Waals surface area contributed by atoms with Crippen LogP contribution in [-0.2, 0) is 16.3 Å². The molecule has 6 heteroatoms. The molecule has 1 rings (SSSR count). The zero-order valence-electron chi connectivity index (χ0n) is 11.4. The minimum atomic E-state index is -3.10. The van der Waals surface area contributed by atoms with E-state index in [1.54, 1.807) is 13.8 Å². The molecular formula is C12H21N3O2S.